The summed E-state index contributed by atoms with van der Waals surface area (Å²) in [4.78, 5) is 6.10. The molecular weight excluding hydrogens is 625 g/mol. The summed E-state index contributed by atoms with van der Waals surface area (Å²) < 4.78 is 49.7. The lowest BCUT2D eigenvalue weighted by Crippen LogP contribution is -2.08. The van der Waals surface area contributed by atoms with Gasteiger partial charge in [-0.15, -0.1) is 0 Å². The van der Waals surface area contributed by atoms with Crippen LogP contribution in [0.15, 0.2) is 157 Å². The predicted molar refractivity (Wildman–Crippen MR) is 180 cm³/mol. The van der Waals surface area contributed by atoms with Crippen LogP contribution in [0.1, 0.15) is 20.8 Å². The summed E-state index contributed by atoms with van der Waals surface area (Å²) >= 11 is 1.80. The summed E-state index contributed by atoms with van der Waals surface area (Å²) in [5, 5.41) is 0. The molecule has 0 aliphatic carbocycles. The third kappa shape index (κ3) is 9.80. The van der Waals surface area contributed by atoms with E-state index in [9.17, 15) is 13.0 Å². The van der Waals surface area contributed by atoms with E-state index < -0.39 is 15.0 Å². The van der Waals surface area contributed by atoms with Crippen LogP contribution in [0, 0.1) is 0 Å². The lowest BCUT2D eigenvalue weighted by Gasteiger charge is -2.19. The molecule has 0 aromatic heterocycles. The molecule has 0 N–H and O–H groups in total. The van der Waals surface area contributed by atoms with Crippen LogP contribution >= 0.6 is 11.8 Å². The molecule has 9 heteroatoms. The van der Waals surface area contributed by atoms with Gasteiger partial charge in [0.2, 0.25) is 0 Å². The van der Waals surface area contributed by atoms with Gasteiger partial charge < -0.3 is 18.8 Å². The summed E-state index contributed by atoms with van der Waals surface area (Å²) in [6, 6.07) is 43.8. The first-order valence-electron chi connectivity index (χ1n) is 14.5. The van der Waals surface area contributed by atoms with Gasteiger partial charge in [-0.2, -0.15) is 0 Å². The molecule has 0 aliphatic heterocycles. The molecule has 0 saturated carbocycles. The average Bonchev–Trinajstić information content (AvgIpc) is 3.04. The summed E-state index contributed by atoms with van der Waals surface area (Å²) in [6.45, 7) is 6.02. The zero-order chi connectivity index (χ0) is 32.1. The second-order valence-electron chi connectivity index (χ2n) is 9.32. The third-order valence-electron chi connectivity index (χ3n) is 6.15. The van der Waals surface area contributed by atoms with Crippen molar-refractivity contribution in [3.05, 3.63) is 127 Å². The highest BCUT2D eigenvalue weighted by Gasteiger charge is 2.28. The normalized spacial score (nSPS) is 11.0. The minimum atomic E-state index is -4.70. The Hall–Kier alpha value is -3.89. The summed E-state index contributed by atoms with van der Waals surface area (Å²) in [5.74, 6) is 0.292. The maximum absolute atomic E-state index is 11.3. The van der Waals surface area contributed by atoms with E-state index in [-0.39, 0.29) is 35.6 Å². The fraction of sp³-hybridized carbons (Fsp3) is 0.167. The Bertz CT molecular complexity index is 1650. The van der Waals surface area contributed by atoms with Gasteiger partial charge in [0.15, 0.2) is 14.7 Å². The Morgan fingerprint density at radius 1 is 0.578 bits per heavy atom. The number of benzene rings is 5. The lowest BCUT2D eigenvalue weighted by atomic mass is 10.3. The molecule has 0 spiro atoms. The third-order valence-corrected chi connectivity index (χ3v) is 10.3. The molecule has 0 amide bonds. The van der Waals surface area contributed by atoms with Crippen LogP contribution in [-0.2, 0) is 21.0 Å². The van der Waals surface area contributed by atoms with E-state index in [1.54, 1.807) is 32.5 Å². The minimum Gasteiger partial charge on any atom is -0.744 e. The molecular formula is C36H36O6S3. The highest BCUT2D eigenvalue weighted by molar-refractivity contribution is 7.99. The molecule has 5 aromatic carbocycles. The van der Waals surface area contributed by atoms with Crippen molar-refractivity contribution in [3.63, 3.8) is 0 Å². The largest absolute Gasteiger partial charge is 0.744 e. The van der Waals surface area contributed by atoms with Crippen molar-refractivity contribution >= 4 is 32.8 Å². The molecule has 5 rings (SSSR count). The van der Waals surface area contributed by atoms with Gasteiger partial charge in [-0.05, 0) is 81.4 Å². The van der Waals surface area contributed by atoms with Crippen molar-refractivity contribution in [2.75, 3.05) is 19.8 Å². The SMILES string of the molecule is CCOc1cc(OCC)c(S(=O)(=O)[O-])c(OCC)c1.c1ccc(Sc2ccc([S+](c3ccccc3)c3ccccc3)cc2)cc1. The molecule has 6 nitrogen and oxygen atoms in total. The molecule has 0 unspecified atom stereocenters. The molecule has 0 saturated heterocycles. The molecule has 0 aliphatic rings. The zero-order valence-corrected chi connectivity index (χ0v) is 27.9. The molecule has 0 bridgehead atoms. The summed E-state index contributed by atoms with van der Waals surface area (Å²) in [7, 11) is -4.77. The maximum atomic E-state index is 11.3. The predicted octanol–water partition coefficient (Wildman–Crippen LogP) is 8.72. The zero-order valence-electron chi connectivity index (χ0n) is 25.4. The Kier molecular flexibility index (Phi) is 12.8. The van der Waals surface area contributed by atoms with Gasteiger partial charge in [0.1, 0.15) is 32.3 Å². The van der Waals surface area contributed by atoms with E-state index in [4.69, 9.17) is 14.2 Å². The van der Waals surface area contributed by atoms with Crippen molar-refractivity contribution in [1.82, 2.24) is 0 Å². The van der Waals surface area contributed by atoms with Crippen LogP contribution in [0.4, 0.5) is 0 Å². The van der Waals surface area contributed by atoms with Gasteiger partial charge >= 0.3 is 0 Å². The van der Waals surface area contributed by atoms with Crippen LogP contribution in [0.2, 0.25) is 0 Å². The topological polar surface area (TPSA) is 84.9 Å². The van der Waals surface area contributed by atoms with Gasteiger partial charge in [-0.3, -0.25) is 0 Å². The lowest BCUT2D eigenvalue weighted by molar-refractivity contribution is 0.292. The Labute approximate surface area is 273 Å². The maximum Gasteiger partial charge on any atom is 0.166 e. The highest BCUT2D eigenvalue weighted by Crippen LogP contribution is 2.38. The second-order valence-corrected chi connectivity index (χ2v) is 13.8. The van der Waals surface area contributed by atoms with Gasteiger partial charge in [0.05, 0.1) is 30.7 Å². The van der Waals surface area contributed by atoms with E-state index in [2.05, 4.69) is 115 Å². The smallest absolute Gasteiger partial charge is 0.166 e. The number of hydrogen-bond acceptors (Lipinski definition) is 7. The van der Waals surface area contributed by atoms with Gasteiger partial charge in [0.25, 0.3) is 0 Å². The molecule has 234 valence electrons. The van der Waals surface area contributed by atoms with Gasteiger partial charge in [-0.1, -0.05) is 66.4 Å². The van der Waals surface area contributed by atoms with E-state index in [0.717, 1.165) is 0 Å². The van der Waals surface area contributed by atoms with Crippen molar-refractivity contribution in [2.24, 2.45) is 0 Å². The van der Waals surface area contributed by atoms with Gasteiger partial charge in [-0.25, -0.2) is 8.42 Å². The van der Waals surface area contributed by atoms with E-state index in [1.165, 1.54) is 36.6 Å². The van der Waals surface area contributed by atoms with Crippen LogP contribution < -0.4 is 14.2 Å². The molecule has 0 fully saturated rings. The fourth-order valence-electron chi connectivity index (χ4n) is 4.36. The summed E-state index contributed by atoms with van der Waals surface area (Å²) in [5.41, 5.74) is 0. The molecule has 0 radical (unpaired) electrons. The van der Waals surface area contributed by atoms with Crippen LogP contribution in [0.3, 0.4) is 0 Å². The van der Waals surface area contributed by atoms with Crippen molar-refractivity contribution in [2.45, 2.75) is 50.1 Å². The minimum absolute atomic E-state index is 0.0492. The Morgan fingerprint density at radius 2 is 0.978 bits per heavy atom. The first-order chi connectivity index (χ1) is 21.8. The highest BCUT2D eigenvalue weighted by atomic mass is 32.2. The van der Waals surface area contributed by atoms with Crippen molar-refractivity contribution < 1.29 is 27.2 Å². The number of hydrogen-bond donors (Lipinski definition) is 0. The fourth-order valence-corrected chi connectivity index (χ4v) is 8.01. The van der Waals surface area contributed by atoms with Crippen LogP contribution in [-0.4, -0.2) is 32.8 Å². The number of rotatable bonds is 12. The van der Waals surface area contributed by atoms with Crippen molar-refractivity contribution in [1.29, 1.82) is 0 Å². The molecule has 0 atom stereocenters. The van der Waals surface area contributed by atoms with E-state index >= 15 is 0 Å². The standard InChI is InChI=1S/C24H19S2.C12H18O6S/c1-4-10-20(11-5-1)25-21-16-18-24(19-17-21)26(22-12-6-2-7-13-22)23-14-8-3-9-15-23;1-4-16-9-7-10(17-5-2)12(19(13,14)15)11(8-9)18-6-3/h1-19H;7-8H,4-6H2,1-3H3,(H,13,14,15)/q+1;/p-1. The second kappa shape index (κ2) is 17.0. The molecule has 45 heavy (non-hydrogen) atoms. The van der Waals surface area contributed by atoms with Crippen LogP contribution in [0.5, 0.6) is 17.2 Å². The summed E-state index contributed by atoms with van der Waals surface area (Å²) in [6.07, 6.45) is 0. The Balaban J connectivity index is 0.000000217. The number of ether oxygens (including phenoxy) is 3. The average molecular weight is 661 g/mol. The van der Waals surface area contributed by atoms with E-state index in [0.29, 0.717) is 12.4 Å². The Morgan fingerprint density at radius 3 is 1.40 bits per heavy atom. The monoisotopic (exact) mass is 660 g/mol. The first-order valence-corrected chi connectivity index (χ1v) is 18.0. The van der Waals surface area contributed by atoms with Gasteiger partial charge in [0, 0.05) is 21.9 Å². The van der Waals surface area contributed by atoms with E-state index in [1.807, 2.05) is 0 Å². The first kappa shape index (κ1) is 34.0. The van der Waals surface area contributed by atoms with Crippen LogP contribution in [0.25, 0.3) is 0 Å². The quantitative estimate of drug-likeness (QED) is 0.0978. The molecule has 5 aromatic rings. The van der Waals surface area contributed by atoms with Crippen molar-refractivity contribution in [3.8, 4) is 17.2 Å². The molecule has 0 heterocycles.